The molecule has 0 saturated carbocycles. The fourth-order valence-electron chi connectivity index (χ4n) is 1.80. The molecule has 0 spiro atoms. The number of amides is 2. The van der Waals surface area contributed by atoms with Crippen LogP contribution in [0.25, 0.3) is 11.6 Å². The largest absolute Gasteiger partial charge is 0.497 e. The topological polar surface area (TPSA) is 102 Å². The number of nitrogens with one attached hydrogen (secondary N) is 2. The average Bonchev–Trinajstić information content (AvgIpc) is 3.16. The molecule has 0 radical (unpaired) electrons. The van der Waals surface area contributed by atoms with Crippen LogP contribution in [0.3, 0.4) is 0 Å². The van der Waals surface area contributed by atoms with Crippen molar-refractivity contribution in [2.45, 2.75) is 6.92 Å². The highest BCUT2D eigenvalue weighted by Gasteiger charge is 2.13. The van der Waals surface area contributed by atoms with Gasteiger partial charge in [0.2, 0.25) is 0 Å². The minimum absolute atomic E-state index is 0.00829. The maximum atomic E-state index is 11.9. The number of thiazole rings is 1. The second-order valence-corrected chi connectivity index (χ2v) is 5.54. The van der Waals surface area contributed by atoms with Gasteiger partial charge in [0, 0.05) is 17.1 Å². The molecule has 0 saturated heterocycles. The van der Waals surface area contributed by atoms with Gasteiger partial charge in [-0.25, -0.2) is 9.78 Å². The number of methoxy groups -OCH3 is 1. The molecule has 0 fully saturated rings. The molecule has 2 heterocycles. The van der Waals surface area contributed by atoms with E-state index in [1.54, 1.807) is 31.4 Å². The lowest BCUT2D eigenvalue weighted by atomic mass is 10.3. The van der Waals surface area contributed by atoms with Crippen LogP contribution in [0.4, 0.5) is 16.5 Å². The Morgan fingerprint density at radius 3 is 2.91 bits per heavy atom. The number of nitrogens with zero attached hydrogens (tertiary/aromatic N) is 3. The predicted molar refractivity (Wildman–Crippen MR) is 85.8 cm³/mol. The number of hydrogen-bond acceptors (Lipinski definition) is 7. The van der Waals surface area contributed by atoms with Gasteiger partial charge in [-0.05, 0) is 19.1 Å². The van der Waals surface area contributed by atoms with Crippen molar-refractivity contribution in [3.05, 3.63) is 34.7 Å². The molecule has 3 aromatic rings. The molecule has 2 N–H and O–H groups in total. The minimum atomic E-state index is -0.497. The van der Waals surface area contributed by atoms with Gasteiger partial charge in [-0.1, -0.05) is 11.2 Å². The summed E-state index contributed by atoms with van der Waals surface area (Å²) >= 11 is 1.48. The zero-order valence-corrected chi connectivity index (χ0v) is 13.2. The summed E-state index contributed by atoms with van der Waals surface area (Å²) in [5.74, 6) is 0.896. The van der Waals surface area contributed by atoms with E-state index >= 15 is 0 Å². The van der Waals surface area contributed by atoms with Crippen molar-refractivity contribution in [3.8, 4) is 17.3 Å². The van der Waals surface area contributed by atoms with Crippen LogP contribution in [-0.4, -0.2) is 28.3 Å². The van der Waals surface area contributed by atoms with Crippen LogP contribution in [0.2, 0.25) is 0 Å². The molecule has 0 bridgehead atoms. The molecule has 2 aromatic heterocycles. The number of urea groups is 1. The first-order chi connectivity index (χ1) is 11.1. The Morgan fingerprint density at radius 1 is 1.30 bits per heavy atom. The van der Waals surface area contributed by atoms with Gasteiger partial charge in [0.25, 0.3) is 5.89 Å². The summed E-state index contributed by atoms with van der Waals surface area (Å²) in [6.07, 6.45) is 0. The zero-order valence-electron chi connectivity index (χ0n) is 12.4. The molecule has 3 rings (SSSR count). The first-order valence-corrected chi connectivity index (χ1v) is 7.50. The van der Waals surface area contributed by atoms with Crippen LogP contribution in [0.1, 0.15) is 5.01 Å². The first-order valence-electron chi connectivity index (χ1n) is 6.62. The summed E-state index contributed by atoms with van der Waals surface area (Å²) in [6, 6.07) is 6.47. The smallest absolute Gasteiger partial charge is 0.327 e. The Kier molecular flexibility index (Phi) is 4.20. The third-order valence-corrected chi connectivity index (χ3v) is 3.58. The van der Waals surface area contributed by atoms with Crippen LogP contribution in [0, 0.1) is 6.92 Å². The summed E-state index contributed by atoms with van der Waals surface area (Å²) in [6.45, 7) is 1.88. The number of carbonyl (C=O) groups is 1. The van der Waals surface area contributed by atoms with E-state index in [0.717, 1.165) is 5.01 Å². The molecule has 8 nitrogen and oxygen atoms in total. The van der Waals surface area contributed by atoms with Crippen LogP contribution < -0.4 is 15.4 Å². The Balaban J connectivity index is 1.65. The van der Waals surface area contributed by atoms with E-state index in [4.69, 9.17) is 9.15 Å². The number of benzene rings is 1. The number of aryl methyl sites for hydroxylation is 1. The molecule has 1 aromatic carbocycles. The Labute approximate surface area is 135 Å². The number of aromatic nitrogens is 3. The normalized spacial score (nSPS) is 10.3. The van der Waals surface area contributed by atoms with Crippen LogP contribution >= 0.6 is 11.3 Å². The van der Waals surface area contributed by atoms with E-state index < -0.39 is 6.03 Å². The maximum Gasteiger partial charge on any atom is 0.327 e. The van der Waals surface area contributed by atoms with Crippen molar-refractivity contribution in [2.24, 2.45) is 0 Å². The summed E-state index contributed by atoms with van der Waals surface area (Å²) in [5, 5.41) is 15.4. The fourth-order valence-corrected chi connectivity index (χ4v) is 2.39. The number of carbonyl (C=O) groups excluding carboxylic acids is 1. The van der Waals surface area contributed by atoms with Gasteiger partial charge in [0.1, 0.15) is 11.4 Å². The Bertz CT molecular complexity index is 829. The first kappa shape index (κ1) is 15.0. The van der Waals surface area contributed by atoms with Crippen LogP contribution in [0.15, 0.2) is 34.1 Å². The van der Waals surface area contributed by atoms with E-state index in [2.05, 4.69) is 25.8 Å². The van der Waals surface area contributed by atoms with Crippen LogP contribution in [0.5, 0.6) is 5.75 Å². The van der Waals surface area contributed by atoms with Crippen molar-refractivity contribution in [1.29, 1.82) is 0 Å². The fraction of sp³-hybridized carbons (Fsp3) is 0.143. The van der Waals surface area contributed by atoms with Crippen molar-refractivity contribution in [1.82, 2.24) is 15.2 Å². The van der Waals surface area contributed by atoms with Crippen molar-refractivity contribution >= 4 is 29.1 Å². The van der Waals surface area contributed by atoms with Gasteiger partial charge >= 0.3 is 12.0 Å². The van der Waals surface area contributed by atoms with E-state index in [0.29, 0.717) is 17.1 Å². The lowest BCUT2D eigenvalue weighted by Gasteiger charge is -2.06. The number of hydrogen-bond donors (Lipinski definition) is 2. The molecule has 0 aliphatic heterocycles. The third-order valence-electron chi connectivity index (χ3n) is 2.81. The second-order valence-electron chi connectivity index (χ2n) is 4.48. The lowest BCUT2D eigenvalue weighted by molar-refractivity contribution is 0.261. The molecule has 0 aliphatic rings. The molecule has 23 heavy (non-hydrogen) atoms. The third kappa shape index (κ3) is 3.64. The average molecular weight is 331 g/mol. The molecule has 0 aliphatic carbocycles. The second kappa shape index (κ2) is 6.44. The minimum Gasteiger partial charge on any atom is -0.497 e. The number of ether oxygens (including phenoxy) is 1. The van der Waals surface area contributed by atoms with Gasteiger partial charge in [-0.15, -0.1) is 16.4 Å². The maximum absolute atomic E-state index is 11.9. The Hall–Kier alpha value is -2.94. The SMILES string of the molecule is COc1cccc(NC(=O)Nc2nnc(-c3csc(C)n3)o2)c1. The molecule has 0 unspecified atom stereocenters. The number of rotatable bonds is 4. The van der Waals surface area contributed by atoms with E-state index in [9.17, 15) is 4.79 Å². The van der Waals surface area contributed by atoms with Crippen molar-refractivity contribution in [3.63, 3.8) is 0 Å². The predicted octanol–water partition coefficient (Wildman–Crippen LogP) is 3.15. The number of anilines is 2. The quantitative estimate of drug-likeness (QED) is 0.761. The van der Waals surface area contributed by atoms with Gasteiger partial charge in [-0.3, -0.25) is 5.32 Å². The van der Waals surface area contributed by atoms with E-state index in [1.165, 1.54) is 11.3 Å². The van der Waals surface area contributed by atoms with Gasteiger partial charge in [-0.2, -0.15) is 0 Å². The highest BCUT2D eigenvalue weighted by molar-refractivity contribution is 7.09. The van der Waals surface area contributed by atoms with E-state index in [1.807, 2.05) is 12.3 Å². The summed E-state index contributed by atoms with van der Waals surface area (Å²) in [7, 11) is 1.55. The van der Waals surface area contributed by atoms with Crippen LogP contribution in [-0.2, 0) is 0 Å². The highest BCUT2D eigenvalue weighted by atomic mass is 32.1. The van der Waals surface area contributed by atoms with E-state index in [-0.39, 0.29) is 11.9 Å². The molecule has 2 amide bonds. The van der Waals surface area contributed by atoms with Gasteiger partial charge < -0.3 is 14.5 Å². The molecule has 118 valence electrons. The summed E-state index contributed by atoms with van der Waals surface area (Å²) in [4.78, 5) is 16.2. The molecule has 9 heteroatoms. The molecular weight excluding hydrogens is 318 g/mol. The van der Waals surface area contributed by atoms with Gasteiger partial charge in [0.05, 0.1) is 12.1 Å². The zero-order chi connectivity index (χ0) is 16.2. The lowest BCUT2D eigenvalue weighted by Crippen LogP contribution is -2.19. The molecular formula is C14H13N5O3S. The Morgan fingerprint density at radius 2 is 2.17 bits per heavy atom. The van der Waals surface area contributed by atoms with Gasteiger partial charge in [0.15, 0.2) is 0 Å². The van der Waals surface area contributed by atoms with Crippen molar-refractivity contribution in [2.75, 3.05) is 17.7 Å². The summed E-state index contributed by atoms with van der Waals surface area (Å²) in [5.41, 5.74) is 1.16. The molecule has 0 atom stereocenters. The summed E-state index contributed by atoms with van der Waals surface area (Å²) < 4.78 is 10.5. The van der Waals surface area contributed by atoms with Crippen molar-refractivity contribution < 1.29 is 13.9 Å². The highest BCUT2D eigenvalue weighted by Crippen LogP contribution is 2.22. The monoisotopic (exact) mass is 331 g/mol. The standard InChI is InChI=1S/C14H13N5O3S/c1-8-15-11(7-23-8)12-18-19-14(22-12)17-13(20)16-9-4-3-5-10(6-9)21-2/h3-7H,1-2H3,(H2,16,17,19,20).